The van der Waals surface area contributed by atoms with E-state index in [4.69, 9.17) is 4.74 Å². The van der Waals surface area contributed by atoms with Gasteiger partial charge in [-0.05, 0) is 43.4 Å². The van der Waals surface area contributed by atoms with Crippen LogP contribution in [0.2, 0.25) is 0 Å². The van der Waals surface area contributed by atoms with Crippen molar-refractivity contribution in [2.24, 2.45) is 5.92 Å². The van der Waals surface area contributed by atoms with E-state index >= 15 is 0 Å². The second-order valence-electron chi connectivity index (χ2n) is 7.41. The lowest BCUT2D eigenvalue weighted by molar-refractivity contribution is 0.0252. The summed E-state index contributed by atoms with van der Waals surface area (Å²) < 4.78 is 5.42. The zero-order valence-electron chi connectivity index (χ0n) is 16.3. The molecule has 2 aliphatic heterocycles. The molecule has 3 rings (SSSR count). The zero-order chi connectivity index (χ0) is 19.2. The van der Waals surface area contributed by atoms with Gasteiger partial charge >= 0.3 is 6.03 Å². The van der Waals surface area contributed by atoms with E-state index in [1.165, 1.54) is 0 Å². The molecule has 0 saturated carbocycles. The van der Waals surface area contributed by atoms with Crippen molar-refractivity contribution in [2.45, 2.75) is 19.8 Å². The number of anilines is 1. The van der Waals surface area contributed by atoms with E-state index in [0.29, 0.717) is 17.2 Å². The summed E-state index contributed by atoms with van der Waals surface area (Å²) in [6, 6.07) is 5.28. The lowest BCUT2D eigenvalue weighted by Gasteiger charge is -2.36. The zero-order valence-corrected chi connectivity index (χ0v) is 16.3. The minimum Gasteiger partial charge on any atom is -0.379 e. The fraction of sp³-hybridized carbons (Fsp3) is 0.600. The minimum atomic E-state index is -0.158. The molecule has 3 amide bonds. The number of urea groups is 1. The van der Waals surface area contributed by atoms with Gasteiger partial charge in [-0.15, -0.1) is 0 Å². The van der Waals surface area contributed by atoms with Crippen molar-refractivity contribution in [3.63, 3.8) is 0 Å². The maximum atomic E-state index is 12.8. The summed E-state index contributed by atoms with van der Waals surface area (Å²) in [7, 11) is 1.60. The van der Waals surface area contributed by atoms with Crippen LogP contribution in [0.5, 0.6) is 0 Å². The van der Waals surface area contributed by atoms with E-state index in [9.17, 15) is 9.59 Å². The molecule has 1 aromatic carbocycles. The molecule has 0 radical (unpaired) electrons. The van der Waals surface area contributed by atoms with Gasteiger partial charge in [0.1, 0.15) is 0 Å². The molecule has 7 nitrogen and oxygen atoms in total. The highest BCUT2D eigenvalue weighted by atomic mass is 16.5. The largest absolute Gasteiger partial charge is 0.379 e. The Bertz CT molecular complexity index is 673. The number of likely N-dealkylation sites (tertiary alicyclic amines) is 1. The number of nitrogens with one attached hydrogen (secondary N) is 2. The van der Waals surface area contributed by atoms with Gasteiger partial charge in [-0.2, -0.15) is 0 Å². The SMILES string of the molecule is CNC(=O)c1ccc(C)c(NC(=O)N2CCCC(CN3CCOCC3)C2)c1. The topological polar surface area (TPSA) is 73.9 Å². The van der Waals surface area contributed by atoms with Crippen LogP contribution in [0, 0.1) is 12.8 Å². The highest BCUT2D eigenvalue weighted by Gasteiger charge is 2.26. The van der Waals surface area contributed by atoms with Crippen LogP contribution < -0.4 is 10.6 Å². The van der Waals surface area contributed by atoms with Crippen molar-refractivity contribution in [2.75, 3.05) is 58.3 Å². The average molecular weight is 374 g/mol. The molecule has 2 heterocycles. The predicted molar refractivity (Wildman–Crippen MR) is 105 cm³/mol. The molecule has 1 unspecified atom stereocenters. The fourth-order valence-corrected chi connectivity index (χ4v) is 3.78. The van der Waals surface area contributed by atoms with E-state index < -0.39 is 0 Å². The number of benzene rings is 1. The number of carbonyl (C=O) groups excluding carboxylic acids is 2. The van der Waals surface area contributed by atoms with Crippen LogP contribution in [-0.4, -0.2) is 74.7 Å². The summed E-state index contributed by atoms with van der Waals surface area (Å²) in [4.78, 5) is 29.0. The fourth-order valence-electron chi connectivity index (χ4n) is 3.78. The van der Waals surface area contributed by atoms with Crippen LogP contribution in [0.25, 0.3) is 0 Å². The Morgan fingerprint density at radius 1 is 1.22 bits per heavy atom. The summed E-state index contributed by atoms with van der Waals surface area (Å²) >= 11 is 0. The number of aryl methyl sites for hydroxylation is 1. The molecule has 2 N–H and O–H groups in total. The number of amides is 3. The van der Waals surface area contributed by atoms with Crippen LogP contribution >= 0.6 is 0 Å². The molecule has 0 bridgehead atoms. The number of nitrogens with zero attached hydrogens (tertiary/aromatic N) is 2. The van der Waals surface area contributed by atoms with Gasteiger partial charge in [-0.3, -0.25) is 9.69 Å². The monoisotopic (exact) mass is 374 g/mol. The maximum Gasteiger partial charge on any atom is 0.321 e. The molecule has 2 aliphatic rings. The average Bonchev–Trinajstić information content (AvgIpc) is 2.70. The second kappa shape index (κ2) is 9.19. The first-order valence-corrected chi connectivity index (χ1v) is 9.75. The lowest BCUT2D eigenvalue weighted by atomic mass is 9.97. The van der Waals surface area contributed by atoms with Crippen molar-refractivity contribution in [3.8, 4) is 0 Å². The Morgan fingerprint density at radius 2 is 2.00 bits per heavy atom. The molecule has 0 aliphatic carbocycles. The molecule has 2 saturated heterocycles. The Labute approximate surface area is 161 Å². The number of rotatable bonds is 4. The smallest absolute Gasteiger partial charge is 0.321 e. The van der Waals surface area contributed by atoms with Crippen LogP contribution in [0.1, 0.15) is 28.8 Å². The Balaban J connectivity index is 1.59. The first-order valence-electron chi connectivity index (χ1n) is 9.75. The van der Waals surface area contributed by atoms with Crippen LogP contribution in [0.4, 0.5) is 10.5 Å². The molecule has 27 heavy (non-hydrogen) atoms. The normalized spacial score (nSPS) is 21.0. The van der Waals surface area contributed by atoms with Crippen molar-refractivity contribution < 1.29 is 14.3 Å². The predicted octanol–water partition coefficient (Wildman–Crippen LogP) is 1.93. The summed E-state index contributed by atoms with van der Waals surface area (Å²) in [5.74, 6) is 0.343. The number of ether oxygens (including phenoxy) is 1. The number of hydrogen-bond donors (Lipinski definition) is 2. The first-order chi connectivity index (χ1) is 13.1. The minimum absolute atomic E-state index is 0.0844. The van der Waals surface area contributed by atoms with Gasteiger partial charge in [0.05, 0.1) is 13.2 Å². The van der Waals surface area contributed by atoms with E-state index in [-0.39, 0.29) is 11.9 Å². The highest BCUT2D eigenvalue weighted by molar-refractivity contribution is 5.97. The Morgan fingerprint density at radius 3 is 2.74 bits per heavy atom. The number of morpholine rings is 1. The first kappa shape index (κ1) is 19.6. The highest BCUT2D eigenvalue weighted by Crippen LogP contribution is 2.21. The quantitative estimate of drug-likeness (QED) is 0.845. The standard InChI is InChI=1S/C20H30N4O3/c1-15-5-6-17(19(25)21-2)12-18(15)22-20(26)24-7-3-4-16(14-24)13-23-8-10-27-11-9-23/h5-6,12,16H,3-4,7-11,13-14H2,1-2H3,(H,21,25)(H,22,26). The lowest BCUT2D eigenvalue weighted by Crippen LogP contribution is -2.47. The molecule has 0 spiro atoms. The van der Waals surface area contributed by atoms with Gasteiger partial charge in [0.15, 0.2) is 0 Å². The Hall–Kier alpha value is -2.12. The van der Waals surface area contributed by atoms with Crippen LogP contribution in [-0.2, 0) is 4.74 Å². The molecule has 1 atom stereocenters. The van der Waals surface area contributed by atoms with Crippen molar-refractivity contribution in [3.05, 3.63) is 29.3 Å². The van der Waals surface area contributed by atoms with E-state index in [1.807, 2.05) is 17.9 Å². The molecule has 1 aromatic rings. The summed E-state index contributed by atoms with van der Waals surface area (Å²) in [6.45, 7) is 8.08. The van der Waals surface area contributed by atoms with E-state index in [0.717, 1.165) is 64.3 Å². The number of piperidine rings is 1. The van der Waals surface area contributed by atoms with Crippen LogP contribution in [0.3, 0.4) is 0 Å². The summed E-state index contributed by atoms with van der Waals surface area (Å²) in [6.07, 6.45) is 2.19. The third-order valence-electron chi connectivity index (χ3n) is 5.39. The Kier molecular flexibility index (Phi) is 6.68. The molecule has 148 valence electrons. The molecular formula is C20H30N4O3. The molecule has 0 aromatic heterocycles. The number of carbonyl (C=O) groups is 2. The van der Waals surface area contributed by atoms with Gasteiger partial charge < -0.3 is 20.3 Å². The second-order valence-corrected chi connectivity index (χ2v) is 7.41. The van der Waals surface area contributed by atoms with E-state index in [2.05, 4.69) is 15.5 Å². The van der Waals surface area contributed by atoms with Gasteiger partial charge in [-0.1, -0.05) is 6.07 Å². The van der Waals surface area contributed by atoms with Gasteiger partial charge in [0.25, 0.3) is 5.91 Å². The van der Waals surface area contributed by atoms with Crippen molar-refractivity contribution >= 4 is 17.6 Å². The van der Waals surface area contributed by atoms with Gasteiger partial charge in [-0.25, -0.2) is 4.79 Å². The summed E-state index contributed by atoms with van der Waals surface area (Å²) in [5, 5.41) is 5.61. The van der Waals surface area contributed by atoms with Gasteiger partial charge in [0, 0.05) is 51.0 Å². The summed E-state index contributed by atoms with van der Waals surface area (Å²) in [5.41, 5.74) is 2.18. The van der Waals surface area contributed by atoms with Gasteiger partial charge in [0.2, 0.25) is 0 Å². The molecule has 2 fully saturated rings. The van der Waals surface area contributed by atoms with E-state index in [1.54, 1.807) is 19.2 Å². The number of hydrogen-bond acceptors (Lipinski definition) is 4. The van der Waals surface area contributed by atoms with Crippen LogP contribution in [0.15, 0.2) is 18.2 Å². The third kappa shape index (κ3) is 5.20. The maximum absolute atomic E-state index is 12.8. The third-order valence-corrected chi connectivity index (χ3v) is 5.39. The molecular weight excluding hydrogens is 344 g/mol. The molecule has 7 heteroatoms. The van der Waals surface area contributed by atoms with Crippen molar-refractivity contribution in [1.29, 1.82) is 0 Å². The van der Waals surface area contributed by atoms with Crippen molar-refractivity contribution in [1.82, 2.24) is 15.1 Å².